The summed E-state index contributed by atoms with van der Waals surface area (Å²) in [5.74, 6) is 0.959. The summed E-state index contributed by atoms with van der Waals surface area (Å²) in [5, 5.41) is 0.329. The van der Waals surface area contributed by atoms with Crippen LogP contribution in [-0.4, -0.2) is 21.6 Å². The van der Waals surface area contributed by atoms with Crippen molar-refractivity contribution >= 4 is 21.6 Å². The minimum Gasteiger partial charge on any atom is -0.495 e. The van der Waals surface area contributed by atoms with Crippen LogP contribution in [0.2, 0.25) is 5.02 Å². The molecule has 1 heterocycles. The predicted octanol–water partition coefficient (Wildman–Crippen LogP) is 2.85. The van der Waals surface area contributed by atoms with Crippen LogP contribution in [-0.2, 0) is 16.4 Å². The fourth-order valence-corrected chi connectivity index (χ4v) is 3.64. The molecule has 7 heteroatoms. The molecular formula is C14H16ClNO4S. The van der Waals surface area contributed by atoms with E-state index in [1.54, 1.807) is 31.4 Å². The molecule has 21 heavy (non-hydrogen) atoms. The fourth-order valence-electron chi connectivity index (χ4n) is 1.96. The van der Waals surface area contributed by atoms with Crippen LogP contribution in [0.25, 0.3) is 0 Å². The van der Waals surface area contributed by atoms with Gasteiger partial charge in [0.25, 0.3) is 0 Å². The number of hydrogen-bond donors (Lipinski definition) is 1. The second-order valence-corrected chi connectivity index (χ2v) is 6.72. The van der Waals surface area contributed by atoms with E-state index in [4.69, 9.17) is 20.8 Å². The lowest BCUT2D eigenvalue weighted by molar-refractivity contribution is 0.402. The Bertz CT molecular complexity index is 698. The van der Waals surface area contributed by atoms with Crippen LogP contribution >= 0.6 is 11.6 Å². The van der Waals surface area contributed by atoms with Crippen LogP contribution < -0.4 is 9.46 Å². The molecule has 2 rings (SSSR count). The van der Waals surface area contributed by atoms with Gasteiger partial charge in [-0.25, -0.2) is 13.1 Å². The predicted molar refractivity (Wildman–Crippen MR) is 80.2 cm³/mol. The third-order valence-corrected chi connectivity index (χ3v) is 4.70. The molecule has 0 aliphatic rings. The molecule has 0 spiro atoms. The lowest BCUT2D eigenvalue weighted by atomic mass is 10.2. The fraction of sp³-hybridized carbons (Fsp3) is 0.286. The number of methoxy groups -OCH3 is 1. The highest BCUT2D eigenvalue weighted by Gasteiger charge is 2.22. The molecule has 0 saturated heterocycles. The number of nitrogens with one attached hydrogen (secondary N) is 1. The van der Waals surface area contributed by atoms with E-state index < -0.39 is 10.0 Å². The monoisotopic (exact) mass is 329 g/mol. The molecule has 0 radical (unpaired) electrons. The van der Waals surface area contributed by atoms with Crippen LogP contribution in [0.3, 0.4) is 0 Å². The summed E-state index contributed by atoms with van der Waals surface area (Å²) < 4.78 is 37.7. The van der Waals surface area contributed by atoms with E-state index >= 15 is 0 Å². The number of furan rings is 1. The molecule has 1 N–H and O–H groups in total. The highest BCUT2D eigenvalue weighted by molar-refractivity contribution is 7.89. The molecule has 2 aromatic rings. The number of sulfonamides is 1. The van der Waals surface area contributed by atoms with Gasteiger partial charge in [0.05, 0.1) is 13.4 Å². The summed E-state index contributed by atoms with van der Waals surface area (Å²) in [4.78, 5) is 0.0174. The second kappa shape index (κ2) is 6.51. The Morgan fingerprint density at radius 2 is 2.14 bits per heavy atom. The van der Waals surface area contributed by atoms with Gasteiger partial charge in [-0.05, 0) is 37.3 Å². The molecule has 0 fully saturated rings. The number of ether oxygens (including phenoxy) is 1. The third kappa shape index (κ3) is 4.00. The maximum absolute atomic E-state index is 12.4. The third-order valence-electron chi connectivity index (χ3n) is 2.86. The minimum atomic E-state index is -3.73. The van der Waals surface area contributed by atoms with E-state index in [0.717, 1.165) is 0 Å². The molecule has 114 valence electrons. The maximum Gasteiger partial charge on any atom is 0.244 e. The molecule has 0 aliphatic carbocycles. The topological polar surface area (TPSA) is 68.5 Å². The van der Waals surface area contributed by atoms with Crippen molar-refractivity contribution in [3.8, 4) is 5.75 Å². The SMILES string of the molecule is COc1ccc(Cl)cc1S(=O)(=O)NC(C)Cc1ccco1. The number of hydrogen-bond acceptors (Lipinski definition) is 4. The van der Waals surface area contributed by atoms with Crippen LogP contribution in [0.1, 0.15) is 12.7 Å². The molecule has 1 atom stereocenters. The van der Waals surface area contributed by atoms with Crippen molar-refractivity contribution in [1.29, 1.82) is 0 Å². The van der Waals surface area contributed by atoms with Gasteiger partial charge in [0.2, 0.25) is 10.0 Å². The molecule has 0 aliphatic heterocycles. The van der Waals surface area contributed by atoms with Crippen molar-refractivity contribution in [3.05, 3.63) is 47.4 Å². The van der Waals surface area contributed by atoms with Crippen molar-refractivity contribution in [2.75, 3.05) is 7.11 Å². The number of halogens is 1. The van der Waals surface area contributed by atoms with Gasteiger partial charge in [-0.2, -0.15) is 0 Å². The molecule has 0 amide bonds. The van der Waals surface area contributed by atoms with E-state index in [2.05, 4.69) is 4.72 Å². The van der Waals surface area contributed by atoms with E-state index in [-0.39, 0.29) is 16.7 Å². The molecule has 1 unspecified atom stereocenters. The Morgan fingerprint density at radius 3 is 2.76 bits per heavy atom. The standard InChI is InChI=1S/C14H16ClNO4S/c1-10(8-12-4-3-7-20-12)16-21(17,18)14-9-11(15)5-6-13(14)19-2/h3-7,9-10,16H,8H2,1-2H3. The molecule has 0 bridgehead atoms. The first-order valence-corrected chi connectivity index (χ1v) is 8.17. The lowest BCUT2D eigenvalue weighted by Gasteiger charge is -2.15. The zero-order chi connectivity index (χ0) is 15.5. The zero-order valence-electron chi connectivity index (χ0n) is 11.7. The molecule has 1 aromatic heterocycles. The van der Waals surface area contributed by atoms with Gasteiger partial charge >= 0.3 is 0 Å². The van der Waals surface area contributed by atoms with Crippen molar-refractivity contribution in [3.63, 3.8) is 0 Å². The van der Waals surface area contributed by atoms with E-state index in [1.165, 1.54) is 19.2 Å². The van der Waals surface area contributed by atoms with Gasteiger partial charge in [-0.15, -0.1) is 0 Å². The van der Waals surface area contributed by atoms with Crippen LogP contribution in [0, 0.1) is 0 Å². The highest BCUT2D eigenvalue weighted by Crippen LogP contribution is 2.27. The van der Waals surface area contributed by atoms with Gasteiger partial charge in [-0.3, -0.25) is 0 Å². The average molecular weight is 330 g/mol. The van der Waals surface area contributed by atoms with Crippen LogP contribution in [0.15, 0.2) is 45.9 Å². The normalized spacial score (nSPS) is 13.1. The molecule has 0 saturated carbocycles. The number of benzene rings is 1. The van der Waals surface area contributed by atoms with Gasteiger partial charge in [0.15, 0.2) is 0 Å². The summed E-state index contributed by atoms with van der Waals surface area (Å²) in [6, 6.07) is 7.69. The quantitative estimate of drug-likeness (QED) is 0.884. The summed E-state index contributed by atoms with van der Waals surface area (Å²) >= 11 is 5.87. The van der Waals surface area contributed by atoms with Gasteiger partial charge in [0.1, 0.15) is 16.4 Å². The number of rotatable bonds is 6. The van der Waals surface area contributed by atoms with Gasteiger partial charge < -0.3 is 9.15 Å². The van der Waals surface area contributed by atoms with Crippen LogP contribution in [0.4, 0.5) is 0 Å². The molecular weight excluding hydrogens is 314 g/mol. The minimum absolute atomic E-state index is 0.0174. The average Bonchev–Trinajstić information content (AvgIpc) is 2.90. The first-order valence-electron chi connectivity index (χ1n) is 6.30. The van der Waals surface area contributed by atoms with Crippen molar-refractivity contribution in [1.82, 2.24) is 4.72 Å². The van der Waals surface area contributed by atoms with Gasteiger partial charge in [-0.1, -0.05) is 11.6 Å². The smallest absolute Gasteiger partial charge is 0.244 e. The Balaban J connectivity index is 2.20. The summed E-state index contributed by atoms with van der Waals surface area (Å²) in [7, 11) is -2.32. The Hall–Kier alpha value is -1.50. The first kappa shape index (κ1) is 15.9. The first-order chi connectivity index (χ1) is 9.92. The molecule has 5 nitrogen and oxygen atoms in total. The van der Waals surface area contributed by atoms with E-state index in [1.807, 2.05) is 0 Å². The van der Waals surface area contributed by atoms with Crippen molar-refractivity contribution in [2.24, 2.45) is 0 Å². The zero-order valence-corrected chi connectivity index (χ0v) is 13.2. The molecule has 1 aromatic carbocycles. The van der Waals surface area contributed by atoms with Crippen molar-refractivity contribution < 1.29 is 17.6 Å². The Labute approximate surface area is 128 Å². The Morgan fingerprint density at radius 1 is 1.38 bits per heavy atom. The van der Waals surface area contributed by atoms with E-state index in [0.29, 0.717) is 17.2 Å². The van der Waals surface area contributed by atoms with E-state index in [9.17, 15) is 8.42 Å². The Kier molecular flexibility index (Phi) is 4.92. The largest absolute Gasteiger partial charge is 0.495 e. The van der Waals surface area contributed by atoms with Gasteiger partial charge in [0, 0.05) is 17.5 Å². The van der Waals surface area contributed by atoms with Crippen molar-refractivity contribution in [2.45, 2.75) is 24.3 Å². The summed E-state index contributed by atoms with van der Waals surface area (Å²) in [6.07, 6.45) is 2.01. The summed E-state index contributed by atoms with van der Waals surface area (Å²) in [6.45, 7) is 1.76. The highest BCUT2D eigenvalue weighted by atomic mass is 35.5. The lowest BCUT2D eigenvalue weighted by Crippen LogP contribution is -2.34. The van der Waals surface area contributed by atoms with Crippen LogP contribution in [0.5, 0.6) is 5.75 Å². The second-order valence-electron chi connectivity index (χ2n) is 4.60. The summed E-state index contributed by atoms with van der Waals surface area (Å²) in [5.41, 5.74) is 0. The maximum atomic E-state index is 12.4.